The van der Waals surface area contributed by atoms with Gasteiger partial charge in [0.1, 0.15) is 5.82 Å². The molecule has 1 rings (SSSR count). The predicted molar refractivity (Wildman–Crippen MR) is 53.4 cm³/mol. The van der Waals surface area contributed by atoms with Gasteiger partial charge in [0.2, 0.25) is 5.91 Å². The molecule has 0 spiro atoms. The van der Waals surface area contributed by atoms with E-state index in [-0.39, 0.29) is 18.3 Å². The van der Waals surface area contributed by atoms with Crippen molar-refractivity contribution in [2.24, 2.45) is 5.73 Å². The third-order valence-electron chi connectivity index (χ3n) is 2.10. The van der Waals surface area contributed by atoms with E-state index >= 15 is 0 Å². The van der Waals surface area contributed by atoms with Gasteiger partial charge in [-0.25, -0.2) is 4.39 Å². The molecule has 0 radical (unpaired) electrons. The fourth-order valence-corrected chi connectivity index (χ4v) is 1.19. The highest BCUT2D eigenvalue weighted by Crippen LogP contribution is 2.20. The van der Waals surface area contributed by atoms with E-state index in [4.69, 9.17) is 5.73 Å². The van der Waals surface area contributed by atoms with Crippen molar-refractivity contribution in [3.63, 3.8) is 0 Å². The highest BCUT2D eigenvalue weighted by molar-refractivity contribution is 5.91. The van der Waals surface area contributed by atoms with Crippen LogP contribution in [0.1, 0.15) is 12.5 Å². The van der Waals surface area contributed by atoms with Crippen LogP contribution in [0.25, 0.3) is 0 Å². The Morgan fingerprint density at radius 3 is 2.71 bits per heavy atom. The third kappa shape index (κ3) is 2.09. The highest BCUT2D eigenvalue weighted by Gasteiger charge is 2.10. The number of nitrogens with two attached hydrogens (primary N) is 1. The Morgan fingerprint density at radius 1 is 1.57 bits per heavy atom. The fourth-order valence-electron chi connectivity index (χ4n) is 1.19. The zero-order chi connectivity index (χ0) is 10.7. The van der Waals surface area contributed by atoms with Crippen molar-refractivity contribution in [1.82, 2.24) is 0 Å². The smallest absolute Gasteiger partial charge is 0.223 e. The first-order valence-electron chi connectivity index (χ1n) is 4.29. The van der Waals surface area contributed by atoms with Gasteiger partial charge in [0.15, 0.2) is 0 Å². The summed E-state index contributed by atoms with van der Waals surface area (Å²) in [5.74, 6) is -0.518. The normalized spacial score (nSPS) is 10.0. The topological polar surface area (TPSA) is 46.3 Å². The van der Waals surface area contributed by atoms with E-state index in [1.165, 1.54) is 24.0 Å². The standard InChI is InChI=1S/C10H13FN2O/c1-7(14)13(2)10-5-9(11)4-3-8(10)6-12/h3-5H,6,12H2,1-2H3. The largest absolute Gasteiger partial charge is 0.326 e. The lowest BCUT2D eigenvalue weighted by atomic mass is 10.1. The van der Waals surface area contributed by atoms with E-state index < -0.39 is 0 Å². The van der Waals surface area contributed by atoms with Crippen LogP contribution in [0.15, 0.2) is 18.2 Å². The maximum atomic E-state index is 12.9. The molecule has 0 saturated carbocycles. The van der Waals surface area contributed by atoms with E-state index in [0.29, 0.717) is 5.69 Å². The summed E-state index contributed by atoms with van der Waals surface area (Å²) in [7, 11) is 1.59. The average molecular weight is 196 g/mol. The number of hydrogen-bond donors (Lipinski definition) is 1. The zero-order valence-corrected chi connectivity index (χ0v) is 8.25. The van der Waals surface area contributed by atoms with Gasteiger partial charge in [-0.2, -0.15) is 0 Å². The van der Waals surface area contributed by atoms with Gasteiger partial charge in [0, 0.05) is 20.5 Å². The van der Waals surface area contributed by atoms with Gasteiger partial charge < -0.3 is 10.6 Å². The lowest BCUT2D eigenvalue weighted by Gasteiger charge is -2.18. The molecule has 0 unspecified atom stereocenters. The molecule has 0 aliphatic rings. The van der Waals surface area contributed by atoms with Crippen molar-refractivity contribution in [2.75, 3.05) is 11.9 Å². The molecule has 1 amide bonds. The van der Waals surface area contributed by atoms with E-state index in [9.17, 15) is 9.18 Å². The van der Waals surface area contributed by atoms with Crippen LogP contribution in [0.3, 0.4) is 0 Å². The lowest BCUT2D eigenvalue weighted by Crippen LogP contribution is -2.24. The fraction of sp³-hybridized carbons (Fsp3) is 0.300. The van der Waals surface area contributed by atoms with Gasteiger partial charge in [0.25, 0.3) is 0 Å². The summed E-state index contributed by atoms with van der Waals surface area (Å²) in [6.45, 7) is 1.71. The van der Waals surface area contributed by atoms with Crippen molar-refractivity contribution in [3.8, 4) is 0 Å². The number of anilines is 1. The summed E-state index contributed by atoms with van der Waals surface area (Å²) in [6.07, 6.45) is 0. The molecule has 0 atom stereocenters. The quantitative estimate of drug-likeness (QED) is 0.774. The van der Waals surface area contributed by atoms with Crippen molar-refractivity contribution in [2.45, 2.75) is 13.5 Å². The van der Waals surface area contributed by atoms with Crippen molar-refractivity contribution >= 4 is 11.6 Å². The minimum absolute atomic E-state index is 0.148. The second-order valence-electron chi connectivity index (χ2n) is 3.06. The van der Waals surface area contributed by atoms with E-state index in [0.717, 1.165) is 5.56 Å². The Kier molecular flexibility index (Phi) is 3.19. The maximum absolute atomic E-state index is 12.9. The molecule has 0 aliphatic carbocycles. The Morgan fingerprint density at radius 2 is 2.21 bits per heavy atom. The van der Waals surface area contributed by atoms with Crippen LogP contribution in [0.4, 0.5) is 10.1 Å². The summed E-state index contributed by atoms with van der Waals surface area (Å²) in [5.41, 5.74) is 6.76. The van der Waals surface area contributed by atoms with E-state index in [1.807, 2.05) is 0 Å². The van der Waals surface area contributed by atoms with Crippen LogP contribution in [0.2, 0.25) is 0 Å². The number of nitrogens with zero attached hydrogens (tertiary/aromatic N) is 1. The number of hydrogen-bond acceptors (Lipinski definition) is 2. The summed E-state index contributed by atoms with van der Waals surface area (Å²) in [4.78, 5) is 12.5. The van der Waals surface area contributed by atoms with E-state index in [1.54, 1.807) is 13.1 Å². The Hall–Kier alpha value is -1.42. The third-order valence-corrected chi connectivity index (χ3v) is 2.10. The zero-order valence-electron chi connectivity index (χ0n) is 8.25. The summed E-state index contributed by atoms with van der Waals surface area (Å²) in [5, 5.41) is 0. The van der Waals surface area contributed by atoms with Crippen LogP contribution in [-0.2, 0) is 11.3 Å². The molecule has 0 fully saturated rings. The Balaban J connectivity index is 3.16. The number of halogens is 1. The monoisotopic (exact) mass is 196 g/mol. The number of amides is 1. The second-order valence-corrected chi connectivity index (χ2v) is 3.06. The lowest BCUT2D eigenvalue weighted by molar-refractivity contribution is -0.116. The first-order chi connectivity index (χ1) is 6.56. The van der Waals surface area contributed by atoms with Crippen LogP contribution in [0, 0.1) is 5.82 Å². The molecule has 4 heteroatoms. The molecule has 2 N–H and O–H groups in total. The Labute approximate surface area is 82.3 Å². The molecule has 14 heavy (non-hydrogen) atoms. The van der Waals surface area contributed by atoms with Crippen LogP contribution in [0.5, 0.6) is 0 Å². The summed E-state index contributed by atoms with van der Waals surface area (Å²) < 4.78 is 12.9. The van der Waals surface area contributed by atoms with Gasteiger partial charge in [-0.05, 0) is 17.7 Å². The molecular formula is C10H13FN2O. The SMILES string of the molecule is CC(=O)N(C)c1cc(F)ccc1CN. The minimum atomic E-state index is -0.370. The van der Waals surface area contributed by atoms with Gasteiger partial charge in [-0.1, -0.05) is 6.07 Å². The number of rotatable bonds is 2. The van der Waals surface area contributed by atoms with Gasteiger partial charge in [-0.15, -0.1) is 0 Å². The highest BCUT2D eigenvalue weighted by atomic mass is 19.1. The molecule has 0 aromatic heterocycles. The predicted octanol–water partition coefficient (Wildman–Crippen LogP) is 1.27. The van der Waals surface area contributed by atoms with E-state index in [2.05, 4.69) is 0 Å². The molecule has 1 aromatic rings. The Bertz CT molecular complexity index is 352. The molecule has 3 nitrogen and oxygen atoms in total. The van der Waals surface area contributed by atoms with Crippen molar-refractivity contribution < 1.29 is 9.18 Å². The number of benzene rings is 1. The molecular weight excluding hydrogens is 183 g/mol. The van der Waals surface area contributed by atoms with Gasteiger partial charge in [-0.3, -0.25) is 4.79 Å². The summed E-state index contributed by atoms with van der Waals surface area (Å²) >= 11 is 0. The van der Waals surface area contributed by atoms with Crippen LogP contribution in [-0.4, -0.2) is 13.0 Å². The minimum Gasteiger partial charge on any atom is -0.326 e. The maximum Gasteiger partial charge on any atom is 0.223 e. The van der Waals surface area contributed by atoms with Crippen molar-refractivity contribution in [1.29, 1.82) is 0 Å². The molecule has 0 aliphatic heterocycles. The van der Waals surface area contributed by atoms with Gasteiger partial charge in [0.05, 0.1) is 5.69 Å². The van der Waals surface area contributed by atoms with Crippen LogP contribution < -0.4 is 10.6 Å². The molecule has 0 bridgehead atoms. The molecule has 1 aromatic carbocycles. The number of carbonyl (C=O) groups is 1. The molecule has 76 valence electrons. The van der Waals surface area contributed by atoms with Crippen LogP contribution >= 0.6 is 0 Å². The van der Waals surface area contributed by atoms with Gasteiger partial charge >= 0.3 is 0 Å². The number of carbonyl (C=O) groups excluding carboxylic acids is 1. The second kappa shape index (κ2) is 4.19. The average Bonchev–Trinajstić information content (AvgIpc) is 2.16. The molecule has 0 saturated heterocycles. The summed E-state index contributed by atoms with van der Waals surface area (Å²) in [6, 6.07) is 4.23. The first-order valence-corrected chi connectivity index (χ1v) is 4.29. The first kappa shape index (κ1) is 10.7. The van der Waals surface area contributed by atoms with Crippen molar-refractivity contribution in [3.05, 3.63) is 29.6 Å². The molecule has 0 heterocycles.